The molecule has 0 radical (unpaired) electrons. The molecule has 0 saturated carbocycles. The van der Waals surface area contributed by atoms with Crippen LogP contribution in [-0.2, 0) is 73.1 Å². The van der Waals surface area contributed by atoms with Crippen LogP contribution in [0.2, 0.25) is 0 Å². The molecular weight excluding hydrogens is 1920 g/mol. The minimum atomic E-state index is -1.24. The van der Waals surface area contributed by atoms with Crippen molar-refractivity contribution in [1.29, 1.82) is 0 Å². The highest BCUT2D eigenvalue weighted by atomic mass is 16.6. The maximum Gasteiger partial charge on any atom is 0.410 e. The summed E-state index contributed by atoms with van der Waals surface area (Å²) in [5.41, 5.74) is 46.6. The number of piperidine rings is 7. The largest absolute Gasteiger partial charge is 0.457 e. The fraction of sp³-hybridized carbons (Fsp3) is 0.720. The summed E-state index contributed by atoms with van der Waals surface area (Å²) < 4.78 is 53.6. The number of nitrogens with zero attached hydrogens (tertiary/aromatic N) is 22. The lowest BCUT2D eigenvalue weighted by atomic mass is 9.87. The van der Waals surface area contributed by atoms with Crippen molar-refractivity contribution in [2.75, 3.05) is 138 Å². The first-order valence-corrected chi connectivity index (χ1v) is 49.9. The third kappa shape index (κ3) is 50.0. The van der Waals surface area contributed by atoms with Crippen molar-refractivity contribution >= 4 is 60.4 Å². The Morgan fingerprint density at radius 3 is 0.838 bits per heavy atom. The van der Waals surface area contributed by atoms with E-state index in [9.17, 15) is 68.4 Å². The van der Waals surface area contributed by atoms with Gasteiger partial charge in [0.25, 0.3) is 0 Å². The molecule has 3 aromatic rings. The van der Waals surface area contributed by atoms with Gasteiger partial charge in [-0.3, -0.25) is 14.5 Å². The Balaban J connectivity index is 0.000000366. The predicted octanol–water partition coefficient (Wildman–Crippen LogP) is 16.0. The van der Waals surface area contributed by atoms with Gasteiger partial charge in [0, 0.05) is 166 Å². The maximum atomic E-state index is 12.9. The second kappa shape index (κ2) is 62.7. The molecule has 7 saturated heterocycles. The number of esters is 4. The van der Waals surface area contributed by atoms with Crippen molar-refractivity contribution in [3.63, 3.8) is 0 Å². The molecule has 16 atom stereocenters. The van der Waals surface area contributed by atoms with Gasteiger partial charge < -0.3 is 108 Å². The van der Waals surface area contributed by atoms with E-state index >= 15 is 0 Å². The molecule has 7 heterocycles. The Morgan fingerprint density at radius 1 is 0.351 bits per heavy atom. The van der Waals surface area contributed by atoms with E-state index in [4.69, 9.17) is 85.9 Å². The standard InChI is InChI=1S/2C21H28N4O6.C13H19NO2.C12H24N2O2.3C11H20N4O3/c2*1-14(26)29-18(15-8-6-5-7-9-15)19(27)30-17-13-25(20(28)31-21(2,3)4)11-10-16(17)12-23-24-22;15-10-12-6-7-14(9-13(12)16)8-11-4-2-1-3-5-11;1-9-8-14(6-5-10(9)7-13)11(15)16-12(2,3)4;3*1-11(2,3)18-10(17)15-5-4-8(6-13-14-12)9(16)7-15/h2*5-9,16-18H,10-13H2,1-4H3;1-5,12-13,15-16H,6-10H2;9-10H,5-8,13H2,1-4H3;3*8-9,16H,4-7H2,1-3H3/t16-,17+,18+;16-,17+,18-;12-,13+;9-,10+;3*8-,9+/m0110111/s1. The Kier molecular flexibility index (Phi) is 54.1. The predicted molar refractivity (Wildman–Crippen MR) is 546 cm³/mol. The van der Waals surface area contributed by atoms with Crippen molar-refractivity contribution in [3.05, 3.63) is 160 Å². The molecule has 148 heavy (non-hydrogen) atoms. The van der Waals surface area contributed by atoms with Crippen LogP contribution in [0.25, 0.3) is 52.2 Å². The number of likely N-dealkylation sites (tertiary alicyclic amines) is 7. The molecule has 10 rings (SSSR count). The zero-order valence-corrected chi connectivity index (χ0v) is 89.7. The van der Waals surface area contributed by atoms with Gasteiger partial charge in [0.2, 0.25) is 12.2 Å². The molecule has 6 amide bonds. The number of aliphatic hydroxyl groups is 5. The Bertz CT molecular complexity index is 4590. The molecule has 7 aliphatic rings. The number of rotatable bonds is 22. The number of β-amino-alcohol motifs (C(OH)–C–C–N with tert-alkyl or cyclic N) is 4. The lowest BCUT2D eigenvalue weighted by molar-refractivity contribution is -0.175. The number of amides is 6. The molecule has 7 N–H and O–H groups in total. The van der Waals surface area contributed by atoms with Gasteiger partial charge in [-0.05, 0) is 245 Å². The number of ether oxygens (including phenoxy) is 10. The summed E-state index contributed by atoms with van der Waals surface area (Å²) in [6.45, 7) is 46.0. The fourth-order valence-electron chi connectivity index (χ4n) is 16.2. The summed E-state index contributed by atoms with van der Waals surface area (Å²) in [7, 11) is 0. The molecule has 3 aromatic carbocycles. The Hall–Kier alpha value is -12.6. The summed E-state index contributed by atoms with van der Waals surface area (Å²) in [4.78, 5) is 146. The van der Waals surface area contributed by atoms with Crippen LogP contribution in [0.4, 0.5) is 28.8 Å². The summed E-state index contributed by atoms with van der Waals surface area (Å²) in [5, 5.41) is 66.1. The van der Waals surface area contributed by atoms with E-state index in [-0.39, 0.29) is 120 Å². The molecule has 7 fully saturated rings. The normalized spacial score (nSPS) is 22.9. The van der Waals surface area contributed by atoms with Crippen LogP contribution in [-0.4, -0.2) is 328 Å². The van der Waals surface area contributed by atoms with Gasteiger partial charge in [0.1, 0.15) is 45.8 Å². The maximum absolute atomic E-state index is 12.9. The van der Waals surface area contributed by atoms with Gasteiger partial charge in [-0.1, -0.05) is 123 Å². The quantitative estimate of drug-likeness (QED) is 0.0179. The van der Waals surface area contributed by atoms with Crippen LogP contribution < -0.4 is 5.73 Å². The van der Waals surface area contributed by atoms with Crippen LogP contribution in [0.1, 0.15) is 219 Å². The second-order valence-electron chi connectivity index (χ2n) is 43.1. The second-order valence-corrected chi connectivity index (χ2v) is 43.1. The number of carbonyl (C=O) groups excluding carboxylic acids is 10. The highest BCUT2D eigenvalue weighted by molar-refractivity contribution is 5.81. The van der Waals surface area contributed by atoms with Crippen LogP contribution >= 0.6 is 0 Å². The van der Waals surface area contributed by atoms with E-state index in [2.05, 4.69) is 74.1 Å². The monoisotopic (exact) mass is 2080 g/mol. The van der Waals surface area contributed by atoms with Gasteiger partial charge in [-0.15, -0.1) is 0 Å². The number of hydrogen-bond acceptors (Lipinski definition) is 32. The van der Waals surface area contributed by atoms with Gasteiger partial charge in [0.05, 0.1) is 57.1 Å². The number of nitrogens with two attached hydrogens (primary N) is 1. The number of azide groups is 5. The van der Waals surface area contributed by atoms with Gasteiger partial charge in [-0.25, -0.2) is 38.4 Å². The van der Waals surface area contributed by atoms with Gasteiger partial charge in [0.15, 0.2) is 0 Å². The topological polar surface area (TPSA) is 657 Å². The zero-order chi connectivity index (χ0) is 111. The molecule has 0 aliphatic carbocycles. The molecule has 0 spiro atoms. The van der Waals surface area contributed by atoms with Crippen LogP contribution in [0.3, 0.4) is 0 Å². The van der Waals surface area contributed by atoms with E-state index in [1.54, 1.807) is 169 Å². The smallest absolute Gasteiger partial charge is 0.410 e. The minimum Gasteiger partial charge on any atom is -0.457 e. The third-order valence-corrected chi connectivity index (χ3v) is 23.8. The van der Waals surface area contributed by atoms with E-state index in [0.29, 0.717) is 101 Å². The van der Waals surface area contributed by atoms with E-state index in [1.165, 1.54) is 43.9 Å². The first-order chi connectivity index (χ1) is 69.3. The minimum absolute atomic E-state index is 0.0621. The van der Waals surface area contributed by atoms with Crippen molar-refractivity contribution in [2.24, 2.45) is 78.6 Å². The summed E-state index contributed by atoms with van der Waals surface area (Å²) in [5.74, 6) is -2.53. The van der Waals surface area contributed by atoms with Gasteiger partial charge >= 0.3 is 60.4 Å². The summed E-state index contributed by atoms with van der Waals surface area (Å²) in [6.07, 6.45) is -4.24. The molecule has 0 aromatic heterocycles. The third-order valence-electron chi connectivity index (χ3n) is 23.8. The molecule has 7 aliphatic heterocycles. The van der Waals surface area contributed by atoms with E-state index in [1.807, 2.05) is 39.0 Å². The highest BCUT2D eigenvalue weighted by Gasteiger charge is 2.43. The molecule has 48 heteroatoms. The molecule has 824 valence electrons. The highest BCUT2D eigenvalue weighted by Crippen LogP contribution is 2.33. The average Bonchev–Trinajstić information content (AvgIpc) is 0.824. The average molecular weight is 2080 g/mol. The molecule has 0 bridgehead atoms. The Labute approximate surface area is 867 Å². The van der Waals surface area contributed by atoms with Crippen LogP contribution in [0.5, 0.6) is 0 Å². The number of aliphatic hydroxyl groups excluding tert-OH is 5. The van der Waals surface area contributed by atoms with Crippen molar-refractivity contribution in [2.45, 2.75) is 279 Å². The number of hydrogen-bond donors (Lipinski definition) is 6. The SMILES string of the molecule is CC(=O)O[C@@H](C(=O)O[C@@H]1CN(C(=O)OC(C)(C)C)CC[C@H]1CN=[N+]=[N-])c1ccccc1.CC(=O)O[C@@H](C(=O)O[C@H]1CN(C(=O)OC(C)(C)C)CC[C@@H]1CN=[N+]=[N-])c1ccccc1.CC(C)(C)OC(=O)N1CC[C@H](CN=[N+]=[N-])[C@@H](O)C1.CC(C)(C)OC(=O)N1CC[C@H](CN=[N+]=[N-])[C@@H](O)C1.CC(C)(C)OC(=O)N1CC[C@H](CN=[N+]=[N-])[C@@H](O)C1.C[C@H]1CN(C(=O)OC(C)(C)C)CC[C@@H]1CN.OC[C@H]1CCN(Cc2ccccc2)C[C@@H]1O. The first kappa shape index (κ1) is 128. The lowest BCUT2D eigenvalue weighted by Crippen LogP contribution is -2.50. The van der Waals surface area contributed by atoms with E-state index in [0.717, 1.165) is 39.0 Å². The Morgan fingerprint density at radius 2 is 0.595 bits per heavy atom. The van der Waals surface area contributed by atoms with Crippen LogP contribution in [0.15, 0.2) is 117 Å². The summed E-state index contributed by atoms with van der Waals surface area (Å²) in [6, 6.07) is 27.3. The molecule has 0 unspecified atom stereocenters. The number of carbonyl (C=O) groups is 10. The molecular formula is C100H159N23O25. The van der Waals surface area contributed by atoms with Crippen molar-refractivity contribution in [1.82, 2.24) is 34.3 Å². The van der Waals surface area contributed by atoms with Crippen LogP contribution in [0, 0.1) is 47.3 Å². The molecule has 48 nitrogen and oxygen atoms in total. The van der Waals surface area contributed by atoms with Gasteiger partial charge in [-0.2, -0.15) is 0 Å². The summed E-state index contributed by atoms with van der Waals surface area (Å²) >= 11 is 0. The lowest BCUT2D eigenvalue weighted by Gasteiger charge is -2.38. The van der Waals surface area contributed by atoms with Crippen molar-refractivity contribution < 1.29 is 121 Å². The fourth-order valence-corrected chi connectivity index (χ4v) is 16.2. The zero-order valence-electron chi connectivity index (χ0n) is 89.7. The number of benzene rings is 3. The first-order valence-electron chi connectivity index (χ1n) is 49.9. The van der Waals surface area contributed by atoms with Crippen molar-refractivity contribution in [3.8, 4) is 0 Å². The van der Waals surface area contributed by atoms with E-state index < -0.39 is 131 Å².